The third-order valence-corrected chi connectivity index (χ3v) is 3.65. The van der Waals surface area contributed by atoms with Crippen LogP contribution in [-0.2, 0) is 0 Å². The van der Waals surface area contributed by atoms with Gasteiger partial charge in [0.15, 0.2) is 0 Å². The summed E-state index contributed by atoms with van der Waals surface area (Å²) in [6.07, 6.45) is 4.63. The maximum Gasteiger partial charge on any atom is 0.338 e. The Labute approximate surface area is 135 Å². The minimum atomic E-state index is -1.26. The van der Waals surface area contributed by atoms with Gasteiger partial charge in [0.1, 0.15) is 11.6 Å². The molecule has 2 aromatic carbocycles. The maximum atomic E-state index is 13.7. The normalized spacial score (nSPS) is 10.5. The number of carboxylic acid groups (broad SMARTS) is 1. The number of carbonyl (C=O) groups is 1. The van der Waals surface area contributed by atoms with Crippen molar-refractivity contribution in [2.45, 2.75) is 32.6 Å². The quantitative estimate of drug-likeness (QED) is 0.685. The molecule has 0 aliphatic carbocycles. The minimum absolute atomic E-state index is 0.319. The molecule has 23 heavy (non-hydrogen) atoms. The van der Waals surface area contributed by atoms with Crippen molar-refractivity contribution in [1.82, 2.24) is 0 Å². The van der Waals surface area contributed by atoms with E-state index in [0.717, 1.165) is 17.7 Å². The highest BCUT2D eigenvalue weighted by Gasteiger charge is 2.11. The fourth-order valence-corrected chi connectivity index (χ4v) is 2.33. The molecule has 0 saturated carbocycles. The number of halogens is 1. The predicted molar refractivity (Wildman–Crippen MR) is 88.4 cm³/mol. The van der Waals surface area contributed by atoms with Crippen LogP contribution in [0.4, 0.5) is 4.39 Å². The second-order valence-corrected chi connectivity index (χ2v) is 5.43. The molecule has 0 aromatic heterocycles. The molecule has 4 heteroatoms. The molecule has 0 heterocycles. The van der Waals surface area contributed by atoms with Crippen LogP contribution in [0.25, 0.3) is 11.1 Å². The third-order valence-electron chi connectivity index (χ3n) is 3.65. The van der Waals surface area contributed by atoms with Gasteiger partial charge in [0.25, 0.3) is 0 Å². The number of unbranched alkanes of at least 4 members (excludes halogenated alkanes) is 3. The maximum absolute atomic E-state index is 13.7. The van der Waals surface area contributed by atoms with E-state index in [2.05, 4.69) is 6.92 Å². The van der Waals surface area contributed by atoms with E-state index >= 15 is 0 Å². The van der Waals surface area contributed by atoms with Crippen LogP contribution in [0.15, 0.2) is 42.5 Å². The summed E-state index contributed by atoms with van der Waals surface area (Å²) in [7, 11) is 0. The lowest BCUT2D eigenvalue weighted by atomic mass is 10.0. The van der Waals surface area contributed by atoms with E-state index in [-0.39, 0.29) is 5.56 Å². The van der Waals surface area contributed by atoms with Gasteiger partial charge in [0, 0.05) is 0 Å². The first-order chi connectivity index (χ1) is 11.1. The van der Waals surface area contributed by atoms with Crippen molar-refractivity contribution in [2.75, 3.05) is 6.61 Å². The van der Waals surface area contributed by atoms with Gasteiger partial charge in [-0.3, -0.25) is 0 Å². The Hall–Kier alpha value is -2.36. The Kier molecular flexibility index (Phi) is 6.15. The summed E-state index contributed by atoms with van der Waals surface area (Å²) in [5.74, 6) is -1.21. The lowest BCUT2D eigenvalue weighted by Gasteiger charge is -2.08. The Bertz CT molecular complexity index is 650. The van der Waals surface area contributed by atoms with E-state index in [1.54, 1.807) is 6.07 Å². The smallest absolute Gasteiger partial charge is 0.338 e. The zero-order valence-corrected chi connectivity index (χ0v) is 13.2. The van der Waals surface area contributed by atoms with Crippen LogP contribution in [0.5, 0.6) is 5.75 Å². The van der Waals surface area contributed by atoms with E-state index in [9.17, 15) is 9.18 Å². The van der Waals surface area contributed by atoms with Gasteiger partial charge in [-0.15, -0.1) is 0 Å². The van der Waals surface area contributed by atoms with Gasteiger partial charge in [-0.05, 0) is 41.8 Å². The van der Waals surface area contributed by atoms with Gasteiger partial charge in [0.2, 0.25) is 0 Å². The van der Waals surface area contributed by atoms with Gasteiger partial charge < -0.3 is 9.84 Å². The number of carboxylic acids is 1. The zero-order valence-electron chi connectivity index (χ0n) is 13.2. The molecule has 0 bridgehead atoms. The molecule has 1 N–H and O–H groups in total. The van der Waals surface area contributed by atoms with Crippen molar-refractivity contribution in [1.29, 1.82) is 0 Å². The second kappa shape index (κ2) is 8.32. The SMILES string of the molecule is CCCCCCOc1ccc(-c2ccc(C(=O)O)c(F)c2)cc1. The Morgan fingerprint density at radius 1 is 1.04 bits per heavy atom. The van der Waals surface area contributed by atoms with Crippen LogP contribution >= 0.6 is 0 Å². The summed E-state index contributed by atoms with van der Waals surface area (Å²) in [5.41, 5.74) is 1.14. The first kappa shape index (κ1) is 17.0. The molecule has 0 radical (unpaired) electrons. The molecule has 0 unspecified atom stereocenters. The molecular formula is C19H21FO3. The van der Waals surface area contributed by atoms with E-state index in [1.165, 1.54) is 31.4 Å². The summed E-state index contributed by atoms with van der Waals surface area (Å²) in [4.78, 5) is 10.8. The Morgan fingerprint density at radius 2 is 1.74 bits per heavy atom. The summed E-state index contributed by atoms with van der Waals surface area (Å²) in [6, 6.07) is 11.5. The van der Waals surface area contributed by atoms with Gasteiger partial charge in [-0.25, -0.2) is 9.18 Å². The Morgan fingerprint density at radius 3 is 2.35 bits per heavy atom. The highest BCUT2D eigenvalue weighted by Crippen LogP contribution is 2.24. The van der Waals surface area contributed by atoms with E-state index in [4.69, 9.17) is 9.84 Å². The molecule has 0 amide bonds. The number of aromatic carboxylic acids is 1. The second-order valence-electron chi connectivity index (χ2n) is 5.43. The van der Waals surface area contributed by atoms with Crippen molar-refractivity contribution in [3.05, 3.63) is 53.8 Å². The van der Waals surface area contributed by atoms with Gasteiger partial charge >= 0.3 is 5.97 Å². The number of benzene rings is 2. The third kappa shape index (κ3) is 4.81. The predicted octanol–water partition coefficient (Wildman–Crippen LogP) is 5.15. The largest absolute Gasteiger partial charge is 0.494 e. The monoisotopic (exact) mass is 316 g/mol. The van der Waals surface area contributed by atoms with Crippen molar-refractivity contribution < 1.29 is 19.0 Å². The van der Waals surface area contributed by atoms with Crippen molar-refractivity contribution >= 4 is 5.97 Å². The molecular weight excluding hydrogens is 295 g/mol. The fourth-order valence-electron chi connectivity index (χ4n) is 2.33. The van der Waals surface area contributed by atoms with Crippen LogP contribution in [0.2, 0.25) is 0 Å². The molecule has 0 aliphatic rings. The highest BCUT2D eigenvalue weighted by atomic mass is 19.1. The van der Waals surface area contributed by atoms with Crippen LogP contribution in [0.3, 0.4) is 0 Å². The minimum Gasteiger partial charge on any atom is -0.494 e. The van der Waals surface area contributed by atoms with Crippen LogP contribution in [0, 0.1) is 5.82 Å². The summed E-state index contributed by atoms with van der Waals surface area (Å²) < 4.78 is 19.4. The molecule has 3 nitrogen and oxygen atoms in total. The van der Waals surface area contributed by atoms with Crippen molar-refractivity contribution in [3.63, 3.8) is 0 Å². The molecule has 122 valence electrons. The van der Waals surface area contributed by atoms with E-state index in [1.807, 2.05) is 24.3 Å². The lowest BCUT2D eigenvalue weighted by Crippen LogP contribution is -2.00. The van der Waals surface area contributed by atoms with Crippen molar-refractivity contribution in [2.24, 2.45) is 0 Å². The summed E-state index contributed by atoms with van der Waals surface area (Å²) in [6.45, 7) is 2.87. The van der Waals surface area contributed by atoms with Gasteiger partial charge in [-0.2, -0.15) is 0 Å². The van der Waals surface area contributed by atoms with E-state index < -0.39 is 11.8 Å². The fraction of sp³-hybridized carbons (Fsp3) is 0.316. The van der Waals surface area contributed by atoms with Gasteiger partial charge in [0.05, 0.1) is 12.2 Å². The Balaban J connectivity index is 1.99. The van der Waals surface area contributed by atoms with Crippen molar-refractivity contribution in [3.8, 4) is 16.9 Å². The first-order valence-corrected chi connectivity index (χ1v) is 7.88. The van der Waals surface area contributed by atoms with Crippen LogP contribution in [0.1, 0.15) is 43.0 Å². The molecule has 0 aliphatic heterocycles. The average molecular weight is 316 g/mol. The molecule has 0 saturated heterocycles. The topological polar surface area (TPSA) is 46.5 Å². The number of hydrogen-bond donors (Lipinski definition) is 1. The highest BCUT2D eigenvalue weighted by molar-refractivity contribution is 5.88. The standard InChI is InChI=1S/C19H21FO3/c1-2-3-4-5-12-23-16-9-6-14(7-10-16)15-8-11-17(19(21)22)18(20)13-15/h6-11,13H,2-5,12H2,1H3,(H,21,22). The molecule has 0 atom stereocenters. The molecule has 0 fully saturated rings. The molecule has 2 rings (SSSR count). The molecule has 0 spiro atoms. The number of rotatable bonds is 8. The number of ether oxygens (including phenoxy) is 1. The van der Waals surface area contributed by atoms with Gasteiger partial charge in [-0.1, -0.05) is 44.4 Å². The van der Waals surface area contributed by atoms with Crippen LogP contribution < -0.4 is 4.74 Å². The zero-order chi connectivity index (χ0) is 16.7. The lowest BCUT2D eigenvalue weighted by molar-refractivity contribution is 0.0692. The first-order valence-electron chi connectivity index (χ1n) is 7.88. The molecule has 2 aromatic rings. The van der Waals surface area contributed by atoms with E-state index in [0.29, 0.717) is 12.2 Å². The summed E-state index contributed by atoms with van der Waals surface area (Å²) >= 11 is 0. The summed E-state index contributed by atoms with van der Waals surface area (Å²) in [5, 5.41) is 8.84. The average Bonchev–Trinajstić information content (AvgIpc) is 2.55. The number of hydrogen-bond acceptors (Lipinski definition) is 2. The van der Waals surface area contributed by atoms with Crippen LogP contribution in [-0.4, -0.2) is 17.7 Å².